The number of halogens is 6. The van der Waals surface area contributed by atoms with Gasteiger partial charge >= 0.3 is 29.6 Å². The van der Waals surface area contributed by atoms with Crippen LogP contribution in [0.15, 0.2) is 329 Å². The Kier molecular flexibility index (Phi) is 65.7. The molecule has 0 spiro atoms. The van der Waals surface area contributed by atoms with E-state index in [1.54, 1.807) is 0 Å². The van der Waals surface area contributed by atoms with Crippen molar-refractivity contribution in [3.05, 3.63) is 428 Å². The van der Waals surface area contributed by atoms with Gasteiger partial charge in [0.25, 0.3) is 0 Å². The third-order valence-electron chi connectivity index (χ3n) is 16.5. The summed E-state index contributed by atoms with van der Waals surface area (Å²) >= 11 is 19.6. The Hall–Kier alpha value is -10.3. The fraction of sp³-hybridized carbons (Fsp3) is 0.240. The molecule has 0 aliphatic carbocycles. The van der Waals surface area contributed by atoms with Gasteiger partial charge < -0.3 is 16.8 Å². The average molecular weight is 1950 g/mol. The maximum atomic E-state index is 9.96. The summed E-state index contributed by atoms with van der Waals surface area (Å²) in [5, 5.41) is 24.9. The molecule has 13 aromatic rings. The number of rotatable bonds is 17. The van der Waals surface area contributed by atoms with E-state index in [9.17, 15) is 4.39 Å². The van der Waals surface area contributed by atoms with E-state index in [0.717, 1.165) is 104 Å². The first kappa shape index (κ1) is 113. The van der Waals surface area contributed by atoms with Gasteiger partial charge in [-0.15, -0.1) is 57.3 Å². The Morgan fingerprint density at radius 2 is 0.696 bits per heavy atom. The Morgan fingerprint density at radius 1 is 0.432 bits per heavy atom. The van der Waals surface area contributed by atoms with Crippen molar-refractivity contribution in [1.82, 2.24) is 30.0 Å². The number of aromatic nitrogens is 6. The number of alkyl halides is 4. The van der Waals surface area contributed by atoms with Gasteiger partial charge in [0.1, 0.15) is 27.5 Å². The van der Waals surface area contributed by atoms with Crippen molar-refractivity contribution in [1.29, 1.82) is 0 Å². The molecule has 646 valence electrons. The standard InChI is InChI=1S/2C17H17N3.C13H18Si.C10H10.C8H9Br.C7H8BrN.C7H7Br.2C7H7N3.C5H10Si.CH2Cl2.CH3F.N3.Na/c2*1-2-14-8-10-16(11-9-14)17-13-20(19-18-17)12-15-6-4-3-5-7-15;1-5-12-6-8-13(9-7-12)10-11-14(2,3)4;1-3-9-5-7-10(4-2)8-6-9;1-2-7-3-5-8(9)6-4-7;8-7-3-1-6(5-9)2-4-7;8-6-7-4-2-1-3-5-7;2*8-10-9-6-7-4-2-1-3-5-7;1-5-6(2,3)4;2-1-3;1-2;1-3-2;/h2*3-11,13H,2,12H2,1H3;6-9H,5H2,1-4H3;1,5-8H,4H2,2H3;3-6H,2H2,1H3;1-4H,5,9H2;1-5H,6H2;2*1-5H,6H2;1H,2-4H3;1H2;1H3;;/q;;;;;;;;;;;;-1;+1/i;;;;;;;;;;;1D;;. The molecule has 13 rings (SSSR count). The topological polar surface area (TPSA) is 244 Å². The molecule has 0 fully saturated rings. The van der Waals surface area contributed by atoms with Gasteiger partial charge in [-0.2, -0.15) is 0 Å². The first-order valence-corrected chi connectivity index (χ1v) is 50.7. The van der Waals surface area contributed by atoms with Gasteiger partial charge in [-0.25, -0.2) is 9.36 Å². The van der Waals surface area contributed by atoms with Gasteiger partial charge in [0.05, 0.1) is 52.4 Å². The van der Waals surface area contributed by atoms with Crippen molar-refractivity contribution in [2.45, 2.75) is 144 Å². The largest absolute Gasteiger partial charge is 1.00 e. The zero-order chi connectivity index (χ0) is 92.6. The molecule has 0 saturated carbocycles. The molecule has 0 atom stereocenters. The zero-order valence-electron chi connectivity index (χ0n) is 74.8. The second kappa shape index (κ2) is 72.9. The minimum absolute atomic E-state index is 0. The number of terminal acetylenes is 2. The Labute approximate surface area is 803 Å². The van der Waals surface area contributed by atoms with Crippen LogP contribution in [0.1, 0.15) is 108 Å². The number of azide groups is 2. The molecule has 0 amide bonds. The summed E-state index contributed by atoms with van der Waals surface area (Å²) in [6.07, 6.45) is 19.7. The first-order valence-electron chi connectivity index (χ1n) is 40.6. The minimum atomic E-state index is -1.22. The summed E-state index contributed by atoms with van der Waals surface area (Å²) in [5.74, 6) is 5.83. The number of aryl methyl sites for hydroxylation is 5. The quantitative estimate of drug-likeness (QED) is 0.0233. The zero-order valence-corrected chi connectivity index (χ0v) is 84.1. The van der Waals surface area contributed by atoms with Crippen LogP contribution in [-0.2, 0) is 70.2 Å². The summed E-state index contributed by atoms with van der Waals surface area (Å²) in [4.78, 5) is 6.81. The van der Waals surface area contributed by atoms with Crippen LogP contribution in [0.4, 0.5) is 4.39 Å². The van der Waals surface area contributed by atoms with Gasteiger partial charge in [0.15, 0.2) is 0 Å². The van der Waals surface area contributed by atoms with Gasteiger partial charge in [-0.1, -0.05) is 403 Å². The van der Waals surface area contributed by atoms with E-state index < -0.39 is 23.3 Å². The fourth-order valence-corrected chi connectivity index (χ4v) is 11.0. The van der Waals surface area contributed by atoms with Gasteiger partial charge in [0.2, 0.25) is 0 Å². The van der Waals surface area contributed by atoms with Crippen LogP contribution in [-0.4, -0.2) is 58.6 Å². The van der Waals surface area contributed by atoms with Crippen LogP contribution in [0.25, 0.3) is 59.4 Å². The molecule has 2 heterocycles. The number of nitrogens with zero attached hydrogens (tertiary/aromatic N) is 15. The van der Waals surface area contributed by atoms with Crippen LogP contribution in [0.3, 0.4) is 0 Å². The number of nitrogens with two attached hydrogens (primary N) is 1. The molecule has 0 radical (unpaired) electrons. The maximum absolute atomic E-state index is 9.96. The molecule has 25 heteroatoms. The van der Waals surface area contributed by atoms with Crippen LogP contribution in [0.5, 0.6) is 0 Å². The molecule has 16 nitrogen and oxygen atoms in total. The van der Waals surface area contributed by atoms with Gasteiger partial charge in [-0.05, 0) is 153 Å². The van der Waals surface area contributed by atoms with E-state index in [1.165, 1.54) is 55.0 Å². The third kappa shape index (κ3) is 57.7. The smallest absolute Gasteiger partial charge is 0.373 e. The summed E-state index contributed by atoms with van der Waals surface area (Å²) in [5.41, 5.74) is 60.9. The van der Waals surface area contributed by atoms with E-state index in [1.807, 2.05) is 173 Å². The predicted molar refractivity (Wildman–Crippen MR) is 540 cm³/mol. The molecule has 11 aromatic carbocycles. The van der Waals surface area contributed by atoms with Crippen LogP contribution >= 0.6 is 71.0 Å². The molecular formula is C100H115Br3Cl2FN16NaSi2. The maximum Gasteiger partial charge on any atom is 1.00 e. The van der Waals surface area contributed by atoms with Crippen molar-refractivity contribution in [2.75, 3.05) is 12.5 Å². The van der Waals surface area contributed by atoms with Crippen LogP contribution in [0.2, 0.25) is 39.3 Å². The number of benzene rings is 11. The van der Waals surface area contributed by atoms with E-state index in [4.69, 9.17) is 65.3 Å². The number of hydrogen-bond acceptors (Lipinski definition) is 7. The van der Waals surface area contributed by atoms with Crippen molar-refractivity contribution in [3.63, 3.8) is 0 Å². The van der Waals surface area contributed by atoms with E-state index in [2.05, 4.69) is 331 Å². The van der Waals surface area contributed by atoms with Crippen molar-refractivity contribution in [3.8, 4) is 58.3 Å². The Balaban J connectivity index is 0.00000139. The Morgan fingerprint density at radius 3 is 0.944 bits per heavy atom. The molecule has 0 bridgehead atoms. The van der Waals surface area contributed by atoms with Gasteiger partial charge in [-0.3, -0.25) is 9.30 Å². The second-order valence-electron chi connectivity index (χ2n) is 28.2. The SMILES string of the molecule is BrCc1ccccc1.C#C[Si](C)(C)C.C#Cc1ccc(CC)cc1.CCc1ccc(-c2cn(Cc3ccccc3)nn2)cc1.CCc1ccc(-c2cn(Cc3ccccc3)nn2)cc1.CCc1ccc(Br)cc1.CCc1ccc(C#C[Si](C)(C)C)cc1.ClCCl.NCc1ccc(Br)cc1.[2H]CF.[N-]=[N+]=NCc1ccccc1.[N-]=[N+]=NCc1ccccc1.[N-]=[N+]=[N-].[Na+]. The van der Waals surface area contributed by atoms with Crippen LogP contribution in [0, 0.1) is 35.8 Å². The molecule has 0 saturated heterocycles. The summed E-state index contributed by atoms with van der Waals surface area (Å²) in [6, 6.07) is 100. The molecule has 0 aliphatic rings. The second-order valence-corrected chi connectivity index (χ2v) is 40.9. The summed E-state index contributed by atoms with van der Waals surface area (Å²) in [7, 11) is -3.33. The first-order chi connectivity index (χ1) is 60.3. The monoisotopic (exact) mass is 1950 g/mol. The molecule has 2 aromatic heterocycles. The van der Waals surface area contributed by atoms with Crippen molar-refractivity contribution >= 4 is 87.1 Å². The van der Waals surface area contributed by atoms with Gasteiger partial charge in [0, 0.05) is 52.9 Å². The third-order valence-corrected chi connectivity index (χ3v) is 19.9. The molecule has 125 heavy (non-hydrogen) atoms. The summed E-state index contributed by atoms with van der Waals surface area (Å²) < 4.78 is 21.5. The van der Waals surface area contributed by atoms with E-state index in [-0.39, 0.29) is 34.9 Å². The predicted octanol–water partition coefficient (Wildman–Crippen LogP) is 26.7. The fourth-order valence-electron chi connectivity index (χ4n) is 9.60. The normalized spacial score (nSPS) is 9.46. The molecule has 0 unspecified atom stereocenters. The number of hydrogen-bond donors (Lipinski definition) is 1. The molecular weight excluding hydrogens is 1830 g/mol. The molecule has 0 aliphatic heterocycles. The average Bonchev–Trinajstić information content (AvgIpc) is 1.57. The van der Waals surface area contributed by atoms with E-state index >= 15 is 0 Å². The van der Waals surface area contributed by atoms with E-state index in [0.29, 0.717) is 19.6 Å². The Bertz CT molecular complexity index is 4990. The minimum Gasteiger partial charge on any atom is -0.373 e. The van der Waals surface area contributed by atoms with Crippen LogP contribution < -0.4 is 35.3 Å². The molecule has 2 N–H and O–H groups in total. The van der Waals surface area contributed by atoms with Crippen molar-refractivity contribution in [2.24, 2.45) is 16.0 Å². The summed E-state index contributed by atoms with van der Waals surface area (Å²) in [6.45, 7) is 27.0. The van der Waals surface area contributed by atoms with Crippen molar-refractivity contribution < 1.29 is 35.3 Å².